The van der Waals surface area contributed by atoms with Crippen LogP contribution in [0.4, 0.5) is 5.69 Å². The molecular weight excluding hydrogens is 268 g/mol. The fourth-order valence-corrected chi connectivity index (χ4v) is 4.34. The number of para-hydroxylation sites is 1. The molecule has 2 aliphatic rings. The Bertz CT molecular complexity index is 478. The van der Waals surface area contributed by atoms with Crippen molar-refractivity contribution in [3.63, 3.8) is 0 Å². The van der Waals surface area contributed by atoms with Gasteiger partial charge in [-0.15, -0.1) is 0 Å². The fraction of sp³-hybridized carbons (Fsp3) is 0.647. The first-order chi connectivity index (χ1) is 9.50. The Morgan fingerprint density at radius 1 is 1.05 bits per heavy atom. The number of rotatable bonds is 1. The zero-order chi connectivity index (χ0) is 14.2. The van der Waals surface area contributed by atoms with Crippen LogP contribution in [-0.4, -0.2) is 24.2 Å². The van der Waals surface area contributed by atoms with Crippen LogP contribution in [0.15, 0.2) is 24.3 Å². The van der Waals surface area contributed by atoms with Crippen molar-refractivity contribution in [1.82, 2.24) is 5.32 Å². The number of halogens is 1. The molecule has 3 heteroatoms. The van der Waals surface area contributed by atoms with Crippen LogP contribution in [0.2, 0.25) is 5.02 Å². The predicted molar refractivity (Wildman–Crippen MR) is 86.7 cm³/mol. The molecule has 110 valence electrons. The van der Waals surface area contributed by atoms with Gasteiger partial charge in [0.25, 0.3) is 0 Å². The van der Waals surface area contributed by atoms with Crippen molar-refractivity contribution in [2.75, 3.05) is 18.0 Å². The van der Waals surface area contributed by atoms with E-state index in [4.69, 9.17) is 11.6 Å². The molecule has 2 fully saturated rings. The van der Waals surface area contributed by atoms with Gasteiger partial charge in [0.1, 0.15) is 0 Å². The summed E-state index contributed by atoms with van der Waals surface area (Å²) in [7, 11) is 0. The van der Waals surface area contributed by atoms with Gasteiger partial charge in [-0.25, -0.2) is 0 Å². The third-order valence-corrected chi connectivity index (χ3v) is 5.01. The molecule has 1 spiro atoms. The summed E-state index contributed by atoms with van der Waals surface area (Å²) in [5, 5.41) is 4.81. The molecule has 1 N–H and O–H groups in total. The lowest BCUT2D eigenvalue weighted by atomic mass is 9.77. The molecule has 0 unspecified atom stereocenters. The van der Waals surface area contributed by atoms with Crippen molar-refractivity contribution < 1.29 is 0 Å². The topological polar surface area (TPSA) is 15.3 Å². The monoisotopic (exact) mass is 292 g/mol. The number of nitrogens with zero attached hydrogens (tertiary/aromatic N) is 1. The quantitative estimate of drug-likeness (QED) is 0.833. The maximum atomic E-state index is 6.42. The van der Waals surface area contributed by atoms with Crippen molar-refractivity contribution in [2.24, 2.45) is 0 Å². The van der Waals surface area contributed by atoms with Gasteiger partial charge < -0.3 is 10.2 Å². The van der Waals surface area contributed by atoms with Gasteiger partial charge in [0.05, 0.1) is 10.7 Å². The minimum Gasteiger partial charge on any atom is -0.367 e. The fourth-order valence-electron chi connectivity index (χ4n) is 4.09. The Morgan fingerprint density at radius 2 is 1.75 bits per heavy atom. The van der Waals surface area contributed by atoms with Gasteiger partial charge >= 0.3 is 0 Å². The van der Waals surface area contributed by atoms with Crippen molar-refractivity contribution in [2.45, 2.75) is 57.0 Å². The first kappa shape index (κ1) is 14.2. The van der Waals surface area contributed by atoms with Crippen LogP contribution < -0.4 is 10.2 Å². The zero-order valence-corrected chi connectivity index (χ0v) is 13.3. The maximum Gasteiger partial charge on any atom is 0.0639 e. The second-order valence-electron chi connectivity index (χ2n) is 7.16. The summed E-state index contributed by atoms with van der Waals surface area (Å²) in [6.07, 6.45) is 6.66. The summed E-state index contributed by atoms with van der Waals surface area (Å²) in [6, 6.07) is 8.25. The van der Waals surface area contributed by atoms with Crippen LogP contribution in [-0.2, 0) is 0 Å². The molecule has 0 aromatic heterocycles. The molecule has 1 saturated heterocycles. The van der Waals surface area contributed by atoms with Crippen LogP contribution in [0.3, 0.4) is 0 Å². The standard InChI is InChI=1S/C17H25ClN2/c1-16(2)12-20(15-9-5-4-8-14(15)18)13-17(19-16)10-6-3-7-11-17/h4-5,8-9,19H,3,6-7,10-13H2,1-2H3. The largest absolute Gasteiger partial charge is 0.367 e. The van der Waals surface area contributed by atoms with Gasteiger partial charge in [-0.05, 0) is 38.8 Å². The molecule has 3 rings (SSSR count). The average molecular weight is 293 g/mol. The normalized spacial score (nSPS) is 24.9. The molecule has 1 aliphatic heterocycles. The SMILES string of the molecule is CC1(C)CN(c2ccccc2Cl)CC2(CCCCC2)N1. The lowest BCUT2D eigenvalue weighted by Crippen LogP contribution is -2.69. The number of piperazine rings is 1. The van der Waals surface area contributed by atoms with Gasteiger partial charge in [0, 0.05) is 24.2 Å². The molecule has 0 amide bonds. The van der Waals surface area contributed by atoms with E-state index in [0.29, 0.717) is 0 Å². The van der Waals surface area contributed by atoms with Crippen molar-refractivity contribution in [3.8, 4) is 0 Å². The third-order valence-electron chi connectivity index (χ3n) is 4.69. The first-order valence-electron chi connectivity index (χ1n) is 7.79. The number of nitrogens with one attached hydrogen (secondary N) is 1. The van der Waals surface area contributed by atoms with Crippen molar-refractivity contribution >= 4 is 17.3 Å². The van der Waals surface area contributed by atoms with E-state index >= 15 is 0 Å². The molecule has 20 heavy (non-hydrogen) atoms. The van der Waals surface area contributed by atoms with E-state index in [1.165, 1.54) is 37.8 Å². The first-order valence-corrected chi connectivity index (χ1v) is 8.16. The highest BCUT2D eigenvalue weighted by molar-refractivity contribution is 6.33. The van der Waals surface area contributed by atoms with E-state index in [1.807, 2.05) is 12.1 Å². The van der Waals surface area contributed by atoms with Crippen molar-refractivity contribution in [3.05, 3.63) is 29.3 Å². The number of hydrogen-bond donors (Lipinski definition) is 1. The van der Waals surface area contributed by atoms with Gasteiger partial charge in [-0.1, -0.05) is 43.0 Å². The van der Waals surface area contributed by atoms with Gasteiger partial charge in [-0.2, -0.15) is 0 Å². The summed E-state index contributed by atoms with van der Waals surface area (Å²) in [5.74, 6) is 0. The highest BCUT2D eigenvalue weighted by Crippen LogP contribution is 2.37. The molecule has 1 aliphatic carbocycles. The molecule has 1 aromatic carbocycles. The lowest BCUT2D eigenvalue weighted by molar-refractivity contribution is 0.146. The highest BCUT2D eigenvalue weighted by atomic mass is 35.5. The molecular formula is C17H25ClN2. The highest BCUT2D eigenvalue weighted by Gasteiger charge is 2.43. The Morgan fingerprint density at radius 3 is 2.45 bits per heavy atom. The number of benzene rings is 1. The van der Waals surface area contributed by atoms with E-state index in [9.17, 15) is 0 Å². The van der Waals surface area contributed by atoms with Crippen LogP contribution in [0.1, 0.15) is 46.0 Å². The summed E-state index contributed by atoms with van der Waals surface area (Å²) in [6.45, 7) is 6.72. The molecule has 0 radical (unpaired) electrons. The van der Waals surface area contributed by atoms with Gasteiger partial charge in [0.15, 0.2) is 0 Å². The van der Waals surface area contributed by atoms with Crippen LogP contribution >= 0.6 is 11.6 Å². The minimum atomic E-state index is 0.134. The van der Waals surface area contributed by atoms with E-state index in [1.54, 1.807) is 0 Å². The number of anilines is 1. The molecule has 2 nitrogen and oxygen atoms in total. The smallest absolute Gasteiger partial charge is 0.0639 e. The van der Waals surface area contributed by atoms with E-state index in [0.717, 1.165) is 18.1 Å². The molecule has 0 atom stereocenters. The summed E-state index contributed by atoms with van der Waals surface area (Å²) < 4.78 is 0. The third kappa shape index (κ3) is 2.82. The molecule has 0 bridgehead atoms. The van der Waals surface area contributed by atoms with Crippen LogP contribution in [0, 0.1) is 0 Å². The predicted octanol–water partition coefficient (Wildman–Crippen LogP) is 4.23. The van der Waals surface area contributed by atoms with Gasteiger partial charge in [-0.3, -0.25) is 0 Å². The summed E-state index contributed by atoms with van der Waals surface area (Å²) in [5.41, 5.74) is 1.60. The van der Waals surface area contributed by atoms with Gasteiger partial charge in [0.2, 0.25) is 0 Å². The summed E-state index contributed by atoms with van der Waals surface area (Å²) >= 11 is 6.42. The lowest BCUT2D eigenvalue weighted by Gasteiger charge is -2.53. The molecule has 1 saturated carbocycles. The van der Waals surface area contributed by atoms with E-state index in [2.05, 4.69) is 36.2 Å². The van der Waals surface area contributed by atoms with Crippen molar-refractivity contribution in [1.29, 1.82) is 0 Å². The second kappa shape index (κ2) is 5.23. The van der Waals surface area contributed by atoms with E-state index < -0.39 is 0 Å². The zero-order valence-electron chi connectivity index (χ0n) is 12.6. The van der Waals surface area contributed by atoms with E-state index in [-0.39, 0.29) is 11.1 Å². The second-order valence-corrected chi connectivity index (χ2v) is 7.56. The van der Waals surface area contributed by atoms with Crippen LogP contribution in [0.25, 0.3) is 0 Å². The Kier molecular flexibility index (Phi) is 3.72. The number of hydrogen-bond acceptors (Lipinski definition) is 2. The minimum absolute atomic E-state index is 0.134. The summed E-state index contributed by atoms with van der Waals surface area (Å²) in [4.78, 5) is 2.49. The average Bonchev–Trinajstić information content (AvgIpc) is 2.38. The molecule has 1 heterocycles. The van der Waals surface area contributed by atoms with Crippen LogP contribution in [0.5, 0.6) is 0 Å². The molecule has 1 aromatic rings. The Balaban J connectivity index is 1.90. The Hall–Kier alpha value is -0.730. The maximum absolute atomic E-state index is 6.42. The Labute approximate surface area is 127 Å².